The first kappa shape index (κ1) is 14.1. The van der Waals surface area contributed by atoms with Gasteiger partial charge in [0.2, 0.25) is 5.91 Å². The molecule has 2 N–H and O–H groups in total. The highest BCUT2D eigenvalue weighted by molar-refractivity contribution is 5.91. The Kier molecular flexibility index (Phi) is 4.07. The topological polar surface area (TPSA) is 57.8 Å². The summed E-state index contributed by atoms with van der Waals surface area (Å²) in [4.78, 5) is 11.7. The van der Waals surface area contributed by atoms with E-state index >= 15 is 0 Å². The monoisotopic (exact) mass is 283 g/mol. The van der Waals surface area contributed by atoms with Crippen molar-refractivity contribution in [1.29, 1.82) is 0 Å². The number of nitrogens with one attached hydrogen (secondary N) is 2. The van der Waals surface area contributed by atoms with Gasteiger partial charge in [-0.1, -0.05) is 30.3 Å². The number of anilines is 1. The van der Waals surface area contributed by atoms with Gasteiger partial charge < -0.3 is 5.32 Å². The van der Waals surface area contributed by atoms with E-state index in [1.165, 1.54) is 36.7 Å². The molecule has 0 radical (unpaired) electrons. The molecule has 0 saturated heterocycles. The van der Waals surface area contributed by atoms with E-state index in [1.807, 2.05) is 0 Å². The van der Waals surface area contributed by atoms with Crippen LogP contribution in [-0.2, 0) is 4.79 Å². The lowest BCUT2D eigenvalue weighted by Gasteiger charge is -2.20. The highest BCUT2D eigenvalue weighted by Crippen LogP contribution is 2.37. The molecule has 20 heavy (non-hydrogen) atoms. The Morgan fingerprint density at radius 2 is 2.00 bits per heavy atom. The molecule has 1 aromatic carbocycles. The number of rotatable bonds is 4. The Morgan fingerprint density at radius 1 is 1.30 bits per heavy atom. The van der Waals surface area contributed by atoms with E-state index in [2.05, 4.69) is 15.5 Å². The van der Waals surface area contributed by atoms with E-state index in [-0.39, 0.29) is 5.56 Å². The normalized spacial score (nSPS) is 12.9. The molecule has 1 aromatic heterocycles. The van der Waals surface area contributed by atoms with Crippen LogP contribution in [0, 0.1) is 0 Å². The predicted octanol–water partition coefficient (Wildman–Crippen LogP) is 3.08. The average Bonchev–Trinajstić information content (AvgIpc) is 2.88. The fraction of sp³-hybridized carbons (Fsp3) is 0.231. The van der Waals surface area contributed by atoms with Crippen LogP contribution in [0.25, 0.3) is 0 Å². The molecule has 0 fully saturated rings. The highest BCUT2D eigenvalue weighted by Gasteiger charge is 2.41. The van der Waals surface area contributed by atoms with Crippen LogP contribution in [0.15, 0.2) is 42.7 Å². The van der Waals surface area contributed by atoms with E-state index in [0.29, 0.717) is 5.69 Å². The quantitative estimate of drug-likeness (QED) is 0.906. The molecule has 0 aliphatic carbocycles. The van der Waals surface area contributed by atoms with Crippen LogP contribution < -0.4 is 5.32 Å². The summed E-state index contributed by atoms with van der Waals surface area (Å²) in [5.41, 5.74) is 0.409. The molecule has 1 heterocycles. The summed E-state index contributed by atoms with van der Waals surface area (Å²) in [5.74, 6) is -2.53. The van der Waals surface area contributed by atoms with Crippen molar-refractivity contribution in [3.8, 4) is 0 Å². The molecular formula is C13H12F3N3O. The predicted molar refractivity (Wildman–Crippen MR) is 67.1 cm³/mol. The first-order chi connectivity index (χ1) is 9.47. The molecule has 4 nitrogen and oxygen atoms in total. The van der Waals surface area contributed by atoms with Gasteiger partial charge in [0, 0.05) is 12.6 Å². The van der Waals surface area contributed by atoms with Gasteiger partial charge >= 0.3 is 6.18 Å². The molecule has 2 aromatic rings. The lowest BCUT2D eigenvalue weighted by atomic mass is 9.95. The van der Waals surface area contributed by atoms with E-state index in [4.69, 9.17) is 0 Å². The summed E-state index contributed by atoms with van der Waals surface area (Å²) in [7, 11) is 0. The van der Waals surface area contributed by atoms with Crippen LogP contribution in [0.2, 0.25) is 0 Å². The van der Waals surface area contributed by atoms with Crippen molar-refractivity contribution in [2.45, 2.75) is 18.5 Å². The maximum Gasteiger partial charge on any atom is 0.396 e. The maximum atomic E-state index is 13.0. The van der Waals surface area contributed by atoms with E-state index in [1.54, 1.807) is 6.07 Å². The van der Waals surface area contributed by atoms with Crippen LogP contribution in [0.5, 0.6) is 0 Å². The Hall–Kier alpha value is -2.31. The molecule has 1 unspecified atom stereocenters. The number of halogens is 3. The third kappa shape index (κ3) is 3.59. The summed E-state index contributed by atoms with van der Waals surface area (Å²) in [6, 6.07) is 7.39. The molecule has 1 atom stereocenters. The summed E-state index contributed by atoms with van der Waals surface area (Å²) in [6.07, 6.45) is -2.43. The van der Waals surface area contributed by atoms with Crippen molar-refractivity contribution >= 4 is 11.6 Å². The molecule has 0 spiro atoms. The number of benzene rings is 1. The molecule has 0 aliphatic heterocycles. The van der Waals surface area contributed by atoms with Gasteiger partial charge in [-0.3, -0.25) is 9.89 Å². The highest BCUT2D eigenvalue weighted by atomic mass is 19.4. The van der Waals surface area contributed by atoms with Crippen LogP contribution in [0.4, 0.5) is 18.9 Å². The van der Waals surface area contributed by atoms with Crippen molar-refractivity contribution in [2.24, 2.45) is 0 Å². The molecule has 7 heteroatoms. The van der Waals surface area contributed by atoms with E-state index < -0.39 is 24.4 Å². The zero-order valence-corrected chi connectivity index (χ0v) is 10.3. The largest absolute Gasteiger partial charge is 0.396 e. The molecular weight excluding hydrogens is 271 g/mol. The van der Waals surface area contributed by atoms with Crippen LogP contribution in [0.3, 0.4) is 0 Å². The van der Waals surface area contributed by atoms with Gasteiger partial charge in [-0.2, -0.15) is 18.3 Å². The fourth-order valence-corrected chi connectivity index (χ4v) is 1.82. The second-order valence-corrected chi connectivity index (χ2v) is 4.24. The number of amides is 1. The van der Waals surface area contributed by atoms with E-state index in [9.17, 15) is 18.0 Å². The number of hydrogen-bond acceptors (Lipinski definition) is 2. The van der Waals surface area contributed by atoms with Crippen molar-refractivity contribution in [2.75, 3.05) is 5.32 Å². The van der Waals surface area contributed by atoms with Gasteiger partial charge in [0.25, 0.3) is 0 Å². The third-order valence-corrected chi connectivity index (χ3v) is 2.77. The number of carbonyl (C=O) groups is 1. The van der Waals surface area contributed by atoms with Crippen molar-refractivity contribution in [1.82, 2.24) is 10.2 Å². The Labute approximate surface area is 113 Å². The zero-order chi connectivity index (χ0) is 14.6. The Balaban J connectivity index is 2.11. The number of alkyl halides is 3. The Morgan fingerprint density at radius 3 is 2.55 bits per heavy atom. The number of H-pyrrole nitrogens is 1. The summed E-state index contributed by atoms with van der Waals surface area (Å²) < 4.78 is 39.1. The number of nitrogens with zero attached hydrogens (tertiary/aromatic N) is 1. The van der Waals surface area contributed by atoms with Gasteiger partial charge in [0.05, 0.1) is 17.8 Å². The smallest absolute Gasteiger partial charge is 0.323 e. The van der Waals surface area contributed by atoms with Gasteiger partial charge in [-0.05, 0) is 5.56 Å². The number of aromatic nitrogens is 2. The SMILES string of the molecule is O=C(CC(c1ccccc1)C(F)(F)F)Nc1cn[nH]c1. The van der Waals surface area contributed by atoms with Gasteiger partial charge in [-0.15, -0.1) is 0 Å². The lowest BCUT2D eigenvalue weighted by molar-refractivity contribution is -0.155. The fourth-order valence-electron chi connectivity index (χ4n) is 1.82. The third-order valence-electron chi connectivity index (χ3n) is 2.77. The first-order valence-corrected chi connectivity index (χ1v) is 5.87. The second-order valence-electron chi connectivity index (χ2n) is 4.24. The summed E-state index contributed by atoms with van der Waals surface area (Å²) in [5, 5.41) is 8.42. The first-order valence-electron chi connectivity index (χ1n) is 5.87. The van der Waals surface area contributed by atoms with E-state index in [0.717, 1.165) is 0 Å². The van der Waals surface area contributed by atoms with Crippen molar-refractivity contribution in [3.63, 3.8) is 0 Å². The van der Waals surface area contributed by atoms with Crippen molar-refractivity contribution < 1.29 is 18.0 Å². The second kappa shape index (κ2) is 5.77. The summed E-state index contributed by atoms with van der Waals surface area (Å²) >= 11 is 0. The number of carbonyl (C=O) groups excluding carboxylic acids is 1. The molecule has 0 saturated carbocycles. The van der Waals surface area contributed by atoms with Gasteiger partial charge in [0.1, 0.15) is 0 Å². The zero-order valence-electron chi connectivity index (χ0n) is 10.3. The maximum absolute atomic E-state index is 13.0. The Bertz CT molecular complexity index is 552. The molecule has 1 amide bonds. The number of hydrogen-bond donors (Lipinski definition) is 2. The molecule has 0 aliphatic rings. The molecule has 2 rings (SSSR count). The minimum Gasteiger partial charge on any atom is -0.323 e. The van der Waals surface area contributed by atoms with Crippen molar-refractivity contribution in [3.05, 3.63) is 48.3 Å². The summed E-state index contributed by atoms with van der Waals surface area (Å²) in [6.45, 7) is 0. The van der Waals surface area contributed by atoms with Gasteiger partial charge in [0.15, 0.2) is 0 Å². The standard InChI is InChI=1S/C13H12F3N3O/c14-13(15,16)11(9-4-2-1-3-5-9)6-12(20)19-10-7-17-18-8-10/h1-5,7-8,11H,6H2,(H,17,18)(H,19,20). The van der Waals surface area contributed by atoms with Crippen LogP contribution >= 0.6 is 0 Å². The molecule has 0 bridgehead atoms. The van der Waals surface area contributed by atoms with Crippen LogP contribution in [-0.4, -0.2) is 22.3 Å². The lowest BCUT2D eigenvalue weighted by Crippen LogP contribution is -2.26. The number of aromatic amines is 1. The average molecular weight is 283 g/mol. The van der Waals surface area contributed by atoms with Crippen LogP contribution in [0.1, 0.15) is 17.9 Å². The minimum atomic E-state index is -4.48. The minimum absolute atomic E-state index is 0.0716. The van der Waals surface area contributed by atoms with Gasteiger partial charge in [-0.25, -0.2) is 0 Å². The molecule has 106 valence electrons.